The van der Waals surface area contributed by atoms with Crippen LogP contribution < -0.4 is 10.6 Å². The number of benzene rings is 1. The predicted octanol–water partition coefficient (Wildman–Crippen LogP) is 4.83. The lowest BCUT2D eigenvalue weighted by Gasteiger charge is -2.29. The highest BCUT2D eigenvalue weighted by Gasteiger charge is 2.34. The Bertz CT molecular complexity index is 936. The van der Waals surface area contributed by atoms with Crippen molar-refractivity contribution in [3.63, 3.8) is 0 Å². The van der Waals surface area contributed by atoms with Gasteiger partial charge in [-0.05, 0) is 59.6 Å². The van der Waals surface area contributed by atoms with Crippen molar-refractivity contribution in [2.75, 3.05) is 7.05 Å². The van der Waals surface area contributed by atoms with Gasteiger partial charge in [-0.2, -0.15) is 0 Å². The van der Waals surface area contributed by atoms with Gasteiger partial charge < -0.3 is 9.84 Å². The van der Waals surface area contributed by atoms with Gasteiger partial charge in [0.2, 0.25) is 0 Å². The Morgan fingerprint density at radius 1 is 1.38 bits per heavy atom. The number of nitrogens with zero attached hydrogens (tertiary/aromatic N) is 1. The fourth-order valence-corrected chi connectivity index (χ4v) is 5.09. The summed E-state index contributed by atoms with van der Waals surface area (Å²) in [6, 6.07) is 3.95. The average molecular weight is 428 g/mol. The second-order valence-corrected chi connectivity index (χ2v) is 9.24. The second kappa shape index (κ2) is 7.62. The molecule has 0 unspecified atom stereocenters. The summed E-state index contributed by atoms with van der Waals surface area (Å²) in [5, 5.41) is 11.2. The van der Waals surface area contributed by atoms with Crippen molar-refractivity contribution in [3.8, 4) is 16.2 Å². The lowest BCUT2D eigenvalue weighted by molar-refractivity contribution is -0.274. The van der Waals surface area contributed by atoms with Crippen LogP contribution in [0.2, 0.25) is 0 Å². The van der Waals surface area contributed by atoms with Crippen molar-refractivity contribution in [1.82, 2.24) is 5.01 Å². The van der Waals surface area contributed by atoms with Crippen molar-refractivity contribution in [1.29, 1.82) is 0 Å². The number of rotatable bonds is 5. The quantitative estimate of drug-likeness (QED) is 0.527. The number of nitrogens with two attached hydrogens (primary N) is 1. The third kappa shape index (κ3) is 4.91. The maximum Gasteiger partial charge on any atom is 0.573 e. The van der Waals surface area contributed by atoms with Crippen molar-refractivity contribution in [2.24, 2.45) is 11.3 Å². The third-order valence-electron chi connectivity index (χ3n) is 4.96. The van der Waals surface area contributed by atoms with E-state index in [2.05, 4.69) is 18.6 Å². The smallest absolute Gasteiger partial charge is 0.478 e. The first-order valence-corrected chi connectivity index (χ1v) is 9.91. The number of carboxylic acids is 1. The van der Waals surface area contributed by atoms with Crippen LogP contribution >= 0.6 is 11.3 Å². The van der Waals surface area contributed by atoms with Gasteiger partial charge in [0.25, 0.3) is 0 Å². The number of fused-ring (bicyclic) bond motifs is 1. The van der Waals surface area contributed by atoms with Crippen LogP contribution in [0.15, 0.2) is 18.2 Å². The number of aryl methyl sites for hydroxylation is 1. The number of hydrazine groups is 1. The minimum absolute atomic E-state index is 0.000254. The van der Waals surface area contributed by atoms with E-state index in [4.69, 9.17) is 5.84 Å². The van der Waals surface area contributed by atoms with Crippen LogP contribution in [0.4, 0.5) is 13.2 Å². The van der Waals surface area contributed by atoms with Gasteiger partial charge in [-0.25, -0.2) is 9.80 Å². The second-order valence-electron chi connectivity index (χ2n) is 8.14. The molecule has 3 N–H and O–H groups in total. The minimum Gasteiger partial charge on any atom is -0.478 e. The lowest BCUT2D eigenvalue weighted by Crippen LogP contribution is -2.25. The lowest BCUT2D eigenvalue weighted by atomic mass is 9.76. The number of aromatic carboxylic acids is 1. The largest absolute Gasteiger partial charge is 0.573 e. The molecule has 0 aliphatic heterocycles. The van der Waals surface area contributed by atoms with E-state index in [9.17, 15) is 23.1 Å². The Morgan fingerprint density at radius 3 is 2.66 bits per heavy atom. The molecule has 0 atom stereocenters. The van der Waals surface area contributed by atoms with Crippen LogP contribution in [0, 0.1) is 5.41 Å². The first-order valence-electron chi connectivity index (χ1n) is 9.09. The molecule has 9 heteroatoms. The molecule has 1 aliphatic rings. The molecule has 0 radical (unpaired) electrons. The van der Waals surface area contributed by atoms with Crippen molar-refractivity contribution >= 4 is 17.3 Å². The van der Waals surface area contributed by atoms with Gasteiger partial charge >= 0.3 is 12.3 Å². The summed E-state index contributed by atoms with van der Waals surface area (Å²) in [5.74, 6) is 4.34. The molecular formula is C20H23F3N2O3S. The molecule has 5 nitrogen and oxygen atoms in total. The maximum absolute atomic E-state index is 12.6. The molecular weight excluding hydrogens is 405 g/mol. The fraction of sp³-hybridized carbons (Fsp3) is 0.450. The van der Waals surface area contributed by atoms with Gasteiger partial charge in [0, 0.05) is 23.3 Å². The summed E-state index contributed by atoms with van der Waals surface area (Å²) in [5.41, 5.74) is 2.10. The first kappa shape index (κ1) is 21.6. The van der Waals surface area contributed by atoms with Crippen LogP contribution in [0.5, 0.6) is 5.75 Å². The van der Waals surface area contributed by atoms with Gasteiger partial charge in [0.05, 0.1) is 5.56 Å². The zero-order valence-electron chi connectivity index (χ0n) is 16.4. The summed E-state index contributed by atoms with van der Waals surface area (Å²) >= 11 is 1.40. The molecule has 29 heavy (non-hydrogen) atoms. The topological polar surface area (TPSA) is 75.8 Å². The molecule has 0 saturated heterocycles. The number of hydrogen-bond donors (Lipinski definition) is 2. The SMILES string of the molecule is CN(N)Cc1cc(OC(F)(F)F)ccc1-c1sc2c(c1C(=O)O)CC(C)(C)CC2. The Morgan fingerprint density at radius 2 is 2.07 bits per heavy atom. The van der Waals surface area contributed by atoms with Gasteiger partial charge in [-0.1, -0.05) is 13.8 Å². The molecule has 1 aromatic carbocycles. The Labute approximate surface area is 170 Å². The molecule has 0 spiro atoms. The van der Waals surface area contributed by atoms with Crippen LogP contribution in [0.3, 0.4) is 0 Å². The van der Waals surface area contributed by atoms with Gasteiger partial charge in [-0.15, -0.1) is 24.5 Å². The molecule has 0 bridgehead atoms. The van der Waals surface area contributed by atoms with Crippen LogP contribution in [0.25, 0.3) is 10.4 Å². The fourth-order valence-electron chi connectivity index (χ4n) is 3.72. The number of carbonyl (C=O) groups is 1. The molecule has 0 saturated carbocycles. The highest BCUT2D eigenvalue weighted by molar-refractivity contribution is 7.16. The molecule has 2 aromatic rings. The van der Waals surface area contributed by atoms with E-state index in [0.717, 1.165) is 23.3 Å². The maximum atomic E-state index is 12.6. The van der Waals surface area contributed by atoms with Crippen molar-refractivity contribution < 1.29 is 27.8 Å². The molecule has 1 aliphatic carbocycles. The Kier molecular flexibility index (Phi) is 5.68. The van der Waals surface area contributed by atoms with E-state index in [1.165, 1.54) is 34.5 Å². The molecule has 158 valence electrons. The van der Waals surface area contributed by atoms with E-state index in [0.29, 0.717) is 22.4 Å². The highest BCUT2D eigenvalue weighted by Crippen LogP contribution is 2.46. The number of alkyl halides is 3. The molecule has 1 heterocycles. The number of hydrogen-bond acceptors (Lipinski definition) is 5. The van der Waals surface area contributed by atoms with E-state index < -0.39 is 12.3 Å². The van der Waals surface area contributed by atoms with Crippen molar-refractivity contribution in [2.45, 2.75) is 46.0 Å². The zero-order valence-corrected chi connectivity index (χ0v) is 17.2. The normalized spacial score (nSPS) is 16.0. The summed E-state index contributed by atoms with van der Waals surface area (Å²) in [4.78, 5) is 13.7. The predicted molar refractivity (Wildman–Crippen MR) is 105 cm³/mol. The van der Waals surface area contributed by atoms with E-state index in [1.807, 2.05) is 0 Å². The van der Waals surface area contributed by atoms with Crippen molar-refractivity contribution in [3.05, 3.63) is 39.8 Å². The Hall–Kier alpha value is -2.10. The molecule has 1 aromatic heterocycles. The number of carboxylic acid groups (broad SMARTS) is 1. The van der Waals surface area contributed by atoms with Gasteiger partial charge in [0.15, 0.2) is 0 Å². The van der Waals surface area contributed by atoms with E-state index >= 15 is 0 Å². The van der Waals surface area contributed by atoms with Gasteiger partial charge in [-0.3, -0.25) is 5.84 Å². The standard InChI is InChI=1S/C20H23F3N2O3S/c1-19(2)7-6-15-14(9-19)16(18(26)27)17(29-15)13-5-4-12(28-20(21,22)23)8-11(13)10-25(3)24/h4-5,8H,6-7,9-10,24H2,1-3H3,(H,26,27). The first-order chi connectivity index (χ1) is 13.4. The summed E-state index contributed by atoms with van der Waals surface area (Å²) in [7, 11) is 1.58. The zero-order chi connectivity index (χ0) is 21.6. The summed E-state index contributed by atoms with van der Waals surface area (Å²) in [6.07, 6.45) is -2.42. The van der Waals surface area contributed by atoms with Crippen LogP contribution in [0.1, 0.15) is 46.6 Å². The van der Waals surface area contributed by atoms with E-state index in [1.54, 1.807) is 7.05 Å². The third-order valence-corrected chi connectivity index (χ3v) is 6.29. The number of thiophene rings is 1. The summed E-state index contributed by atoms with van der Waals surface area (Å²) < 4.78 is 41.9. The van der Waals surface area contributed by atoms with Crippen LogP contribution in [-0.4, -0.2) is 29.5 Å². The van der Waals surface area contributed by atoms with Gasteiger partial charge in [0.1, 0.15) is 5.75 Å². The monoisotopic (exact) mass is 428 g/mol. The molecule has 0 amide bonds. The summed E-state index contributed by atoms with van der Waals surface area (Å²) in [6.45, 7) is 4.35. The molecule has 3 rings (SSSR count). The minimum atomic E-state index is -4.81. The number of halogens is 3. The Balaban J connectivity index is 2.15. The average Bonchev–Trinajstić information content (AvgIpc) is 2.90. The van der Waals surface area contributed by atoms with Crippen LogP contribution in [-0.2, 0) is 19.4 Å². The molecule has 0 fully saturated rings. The van der Waals surface area contributed by atoms with E-state index in [-0.39, 0.29) is 23.3 Å². The number of ether oxygens (including phenoxy) is 1. The highest BCUT2D eigenvalue weighted by atomic mass is 32.1.